The van der Waals surface area contributed by atoms with E-state index in [1.54, 1.807) is 7.11 Å². The first kappa shape index (κ1) is 16.2. The van der Waals surface area contributed by atoms with Crippen LogP contribution in [0.15, 0.2) is 42.5 Å². The van der Waals surface area contributed by atoms with E-state index in [1.165, 1.54) is 0 Å². The maximum Gasteiger partial charge on any atom is 0.119 e. The largest absolute Gasteiger partial charge is 0.497 e. The molecule has 2 aromatic carbocycles. The van der Waals surface area contributed by atoms with Crippen molar-refractivity contribution in [1.82, 2.24) is 5.32 Å². The summed E-state index contributed by atoms with van der Waals surface area (Å²) >= 11 is 12.6. The summed E-state index contributed by atoms with van der Waals surface area (Å²) in [4.78, 5) is 0. The molecule has 21 heavy (non-hydrogen) atoms. The average molecular weight is 324 g/mol. The van der Waals surface area contributed by atoms with Gasteiger partial charge in [-0.25, -0.2) is 0 Å². The molecular formula is C17H19Cl2NO. The van der Waals surface area contributed by atoms with E-state index in [-0.39, 0.29) is 6.04 Å². The highest BCUT2D eigenvalue weighted by atomic mass is 35.5. The molecule has 2 aromatic rings. The molecule has 4 heteroatoms. The standard InChI is InChI=1S/C17H19Cl2NO/c1-3-20-17(12-6-4-7-13(10-12)21-2)11-14-15(18)8-5-9-16(14)19/h4-10,17,20H,3,11H2,1-2H3. The van der Waals surface area contributed by atoms with Gasteiger partial charge < -0.3 is 10.1 Å². The highest BCUT2D eigenvalue weighted by Gasteiger charge is 2.15. The number of nitrogens with one attached hydrogen (secondary N) is 1. The number of ether oxygens (including phenoxy) is 1. The van der Waals surface area contributed by atoms with Crippen LogP contribution in [0.3, 0.4) is 0 Å². The number of hydrogen-bond acceptors (Lipinski definition) is 2. The highest BCUT2D eigenvalue weighted by Crippen LogP contribution is 2.30. The van der Waals surface area contributed by atoms with E-state index in [2.05, 4.69) is 18.3 Å². The van der Waals surface area contributed by atoms with Crippen LogP contribution in [-0.2, 0) is 6.42 Å². The molecule has 0 amide bonds. The molecule has 2 nitrogen and oxygen atoms in total. The smallest absolute Gasteiger partial charge is 0.119 e. The van der Waals surface area contributed by atoms with Gasteiger partial charge in [0, 0.05) is 16.1 Å². The molecule has 1 atom stereocenters. The summed E-state index contributed by atoms with van der Waals surface area (Å²) < 4.78 is 5.30. The van der Waals surface area contributed by atoms with Crippen molar-refractivity contribution in [1.29, 1.82) is 0 Å². The third-order valence-electron chi connectivity index (χ3n) is 3.42. The second-order valence-electron chi connectivity index (χ2n) is 4.79. The Balaban J connectivity index is 2.30. The molecule has 0 aliphatic rings. The Labute approximate surface area is 136 Å². The lowest BCUT2D eigenvalue weighted by atomic mass is 9.98. The van der Waals surface area contributed by atoms with Gasteiger partial charge in [-0.05, 0) is 48.4 Å². The zero-order valence-electron chi connectivity index (χ0n) is 12.2. The second kappa shape index (κ2) is 7.69. The van der Waals surface area contributed by atoms with E-state index in [9.17, 15) is 0 Å². The summed E-state index contributed by atoms with van der Waals surface area (Å²) in [5.41, 5.74) is 2.13. The van der Waals surface area contributed by atoms with Gasteiger partial charge in [0.2, 0.25) is 0 Å². The molecule has 0 radical (unpaired) electrons. The van der Waals surface area contributed by atoms with Gasteiger partial charge in [0.25, 0.3) is 0 Å². The maximum absolute atomic E-state index is 6.28. The molecule has 0 fully saturated rings. The summed E-state index contributed by atoms with van der Waals surface area (Å²) in [6.07, 6.45) is 0.736. The number of likely N-dealkylation sites (N-methyl/N-ethyl adjacent to an activating group) is 1. The van der Waals surface area contributed by atoms with Crippen molar-refractivity contribution in [2.75, 3.05) is 13.7 Å². The van der Waals surface area contributed by atoms with Crippen molar-refractivity contribution in [3.05, 3.63) is 63.6 Å². The Morgan fingerprint density at radius 3 is 2.38 bits per heavy atom. The van der Waals surface area contributed by atoms with E-state index < -0.39 is 0 Å². The predicted octanol–water partition coefficient (Wildman–Crippen LogP) is 4.90. The van der Waals surface area contributed by atoms with Gasteiger partial charge in [0.05, 0.1) is 7.11 Å². The second-order valence-corrected chi connectivity index (χ2v) is 5.61. The molecule has 0 aromatic heterocycles. The Morgan fingerprint density at radius 2 is 1.76 bits per heavy atom. The Hall–Kier alpha value is -1.22. The first-order valence-corrected chi connectivity index (χ1v) is 7.71. The number of hydrogen-bond donors (Lipinski definition) is 1. The number of methoxy groups -OCH3 is 1. The number of halogens is 2. The number of rotatable bonds is 6. The Morgan fingerprint density at radius 1 is 1.10 bits per heavy atom. The van der Waals surface area contributed by atoms with E-state index >= 15 is 0 Å². The molecule has 112 valence electrons. The first-order chi connectivity index (χ1) is 10.2. The third kappa shape index (κ3) is 4.13. The fraction of sp³-hybridized carbons (Fsp3) is 0.294. The molecule has 2 rings (SSSR count). The normalized spacial score (nSPS) is 12.2. The Bertz CT molecular complexity index is 581. The molecule has 0 spiro atoms. The van der Waals surface area contributed by atoms with Crippen LogP contribution in [0.1, 0.15) is 24.1 Å². The molecule has 1 N–H and O–H groups in total. The fourth-order valence-electron chi connectivity index (χ4n) is 2.34. The number of benzene rings is 2. The summed E-state index contributed by atoms with van der Waals surface area (Å²) in [5, 5.41) is 4.88. The molecule has 0 heterocycles. The van der Waals surface area contributed by atoms with E-state index in [4.69, 9.17) is 27.9 Å². The minimum atomic E-state index is 0.141. The minimum absolute atomic E-state index is 0.141. The van der Waals surface area contributed by atoms with Crippen LogP contribution in [0, 0.1) is 0 Å². The van der Waals surface area contributed by atoms with E-state index in [1.807, 2.05) is 36.4 Å². The summed E-state index contributed by atoms with van der Waals surface area (Å²) in [7, 11) is 1.67. The summed E-state index contributed by atoms with van der Waals surface area (Å²) in [6, 6.07) is 13.8. The van der Waals surface area contributed by atoms with Gasteiger partial charge in [-0.15, -0.1) is 0 Å². The van der Waals surface area contributed by atoms with Gasteiger partial charge in [0.15, 0.2) is 0 Å². The monoisotopic (exact) mass is 323 g/mol. The lowest BCUT2D eigenvalue weighted by molar-refractivity contribution is 0.413. The van der Waals surface area contributed by atoms with Gasteiger partial charge >= 0.3 is 0 Å². The molecular weight excluding hydrogens is 305 g/mol. The van der Waals surface area contributed by atoms with Gasteiger partial charge in [-0.1, -0.05) is 48.3 Å². The molecule has 1 unspecified atom stereocenters. The highest BCUT2D eigenvalue weighted by molar-refractivity contribution is 6.36. The first-order valence-electron chi connectivity index (χ1n) is 6.96. The van der Waals surface area contributed by atoms with Crippen molar-refractivity contribution in [3.63, 3.8) is 0 Å². The van der Waals surface area contributed by atoms with Crippen molar-refractivity contribution in [2.45, 2.75) is 19.4 Å². The van der Waals surface area contributed by atoms with Crippen LogP contribution < -0.4 is 10.1 Å². The van der Waals surface area contributed by atoms with Crippen LogP contribution in [0.25, 0.3) is 0 Å². The lowest BCUT2D eigenvalue weighted by Gasteiger charge is -2.20. The van der Waals surface area contributed by atoms with Crippen LogP contribution in [0.2, 0.25) is 10.0 Å². The zero-order chi connectivity index (χ0) is 15.2. The predicted molar refractivity (Wildman–Crippen MR) is 89.6 cm³/mol. The van der Waals surface area contributed by atoms with Gasteiger partial charge in [-0.2, -0.15) is 0 Å². The molecule has 0 bridgehead atoms. The average Bonchev–Trinajstić information content (AvgIpc) is 2.50. The topological polar surface area (TPSA) is 21.3 Å². The van der Waals surface area contributed by atoms with Crippen molar-refractivity contribution >= 4 is 23.2 Å². The SMILES string of the molecule is CCNC(Cc1c(Cl)cccc1Cl)c1cccc(OC)c1. The third-order valence-corrected chi connectivity index (χ3v) is 4.12. The van der Waals surface area contributed by atoms with Crippen LogP contribution in [-0.4, -0.2) is 13.7 Å². The van der Waals surface area contributed by atoms with E-state index in [0.717, 1.165) is 29.8 Å². The molecule has 0 aliphatic carbocycles. The summed E-state index contributed by atoms with van der Waals surface area (Å²) in [6.45, 7) is 2.95. The van der Waals surface area contributed by atoms with Crippen LogP contribution in [0.5, 0.6) is 5.75 Å². The van der Waals surface area contributed by atoms with Gasteiger partial charge in [-0.3, -0.25) is 0 Å². The zero-order valence-corrected chi connectivity index (χ0v) is 13.7. The van der Waals surface area contributed by atoms with Crippen molar-refractivity contribution in [2.24, 2.45) is 0 Å². The summed E-state index contributed by atoms with van der Waals surface area (Å²) in [5.74, 6) is 0.848. The van der Waals surface area contributed by atoms with Crippen LogP contribution in [0.4, 0.5) is 0 Å². The minimum Gasteiger partial charge on any atom is -0.497 e. The molecule has 0 saturated carbocycles. The lowest BCUT2D eigenvalue weighted by Crippen LogP contribution is -2.23. The van der Waals surface area contributed by atoms with Crippen molar-refractivity contribution in [3.8, 4) is 5.75 Å². The Kier molecular flexibility index (Phi) is 5.92. The maximum atomic E-state index is 6.28. The van der Waals surface area contributed by atoms with Crippen molar-refractivity contribution < 1.29 is 4.74 Å². The van der Waals surface area contributed by atoms with Crippen LogP contribution >= 0.6 is 23.2 Å². The molecule has 0 saturated heterocycles. The fourth-order valence-corrected chi connectivity index (χ4v) is 2.90. The van der Waals surface area contributed by atoms with Gasteiger partial charge in [0.1, 0.15) is 5.75 Å². The molecule has 0 aliphatic heterocycles. The van der Waals surface area contributed by atoms with E-state index in [0.29, 0.717) is 10.0 Å². The quantitative estimate of drug-likeness (QED) is 0.816.